The Kier molecular flexibility index (Phi) is 7.39. The predicted molar refractivity (Wildman–Crippen MR) is 83.0 cm³/mol. The molecule has 7 heteroatoms. The molecule has 0 radical (unpaired) electrons. The Balaban J connectivity index is 1.34. The normalized spacial score (nSPS) is 32.4. The first-order chi connectivity index (χ1) is 9.79. The van der Waals surface area contributed by atoms with Gasteiger partial charge in [-0.3, -0.25) is 0 Å². The molecule has 0 aromatic rings. The molecule has 120 valence electrons. The Hall–Kier alpha value is 2.03. The minimum atomic E-state index is 0.308. The van der Waals surface area contributed by atoms with Crippen molar-refractivity contribution >= 4 is 22.9 Å². The Morgan fingerprint density at radius 2 is 1.40 bits per heavy atom. The maximum atomic E-state index is 3.47. The Morgan fingerprint density at radius 1 is 0.800 bits per heavy atom. The number of halogens is 3. The molecule has 3 heterocycles. The van der Waals surface area contributed by atoms with Crippen molar-refractivity contribution in [3.8, 4) is 0 Å². The van der Waals surface area contributed by atoms with Gasteiger partial charge in [-0.15, -0.1) is 0 Å². The molecule has 0 spiro atoms. The van der Waals surface area contributed by atoms with E-state index in [9.17, 15) is 0 Å². The summed E-state index contributed by atoms with van der Waals surface area (Å²) >= 11 is 3.12. The van der Waals surface area contributed by atoms with Crippen LogP contribution in [0.25, 0.3) is 0 Å². The van der Waals surface area contributed by atoms with Crippen LogP contribution in [0.4, 0.5) is 0 Å². The molecule has 3 rings (SSSR count). The molecule has 3 aliphatic heterocycles. The summed E-state index contributed by atoms with van der Waals surface area (Å²) < 4.78 is 10.3. The van der Waals surface area contributed by atoms with Crippen LogP contribution in [-0.4, -0.2) is 69.5 Å². The van der Waals surface area contributed by atoms with E-state index >= 15 is 0 Å². The Bertz CT molecular complexity index is 279. The number of hydrogen-bond acceptors (Lipinski definition) is 4. The third-order valence-electron chi connectivity index (χ3n) is 4.07. The van der Waals surface area contributed by atoms with Gasteiger partial charge in [0.2, 0.25) is 0 Å². The van der Waals surface area contributed by atoms with Crippen LogP contribution >= 0.6 is 22.9 Å². The standard InChI is InChI=1S/C13H25I3N4/c14-18-6-1-13(11-18)16-19-7-2-12(3-8-19)15-20-9-4-17-5-10-20/h12-13,17H,1-11H2/q-2. The molecule has 0 amide bonds. The van der Waals surface area contributed by atoms with Gasteiger partial charge < -0.3 is 0 Å². The first kappa shape index (κ1) is 16.9. The molecule has 0 bridgehead atoms. The van der Waals surface area contributed by atoms with E-state index in [1.165, 1.54) is 71.6 Å². The van der Waals surface area contributed by atoms with Crippen molar-refractivity contribution in [2.75, 3.05) is 52.4 Å². The van der Waals surface area contributed by atoms with E-state index < -0.39 is 0 Å². The van der Waals surface area contributed by atoms with Gasteiger partial charge in [0.1, 0.15) is 0 Å². The fraction of sp³-hybridized carbons (Fsp3) is 1.00. The Labute approximate surface area is 158 Å². The first-order valence-corrected chi connectivity index (χ1v) is 13.1. The van der Waals surface area contributed by atoms with Crippen molar-refractivity contribution in [2.24, 2.45) is 0 Å². The quantitative estimate of drug-likeness (QED) is 0.194. The zero-order valence-corrected chi connectivity index (χ0v) is 18.4. The second-order valence-electron chi connectivity index (χ2n) is 5.69. The third kappa shape index (κ3) is 5.29. The van der Waals surface area contributed by atoms with Crippen LogP contribution in [0.3, 0.4) is 0 Å². The summed E-state index contributed by atoms with van der Waals surface area (Å²) in [5.41, 5.74) is 0. The number of rotatable bonds is 4. The van der Waals surface area contributed by atoms with E-state index in [2.05, 4.69) is 37.5 Å². The predicted octanol–water partition coefficient (Wildman–Crippen LogP) is -5.21. The summed E-state index contributed by atoms with van der Waals surface area (Å²) in [6, 6.07) is 0. The summed E-state index contributed by atoms with van der Waals surface area (Å²) in [6.07, 6.45) is 4.46. The average Bonchev–Trinajstić information content (AvgIpc) is 2.88. The van der Waals surface area contributed by atoms with Crippen molar-refractivity contribution in [3.05, 3.63) is 0 Å². The summed E-state index contributed by atoms with van der Waals surface area (Å²) in [5.74, 6) is 0. The van der Waals surface area contributed by atoms with Gasteiger partial charge in [0.25, 0.3) is 0 Å². The van der Waals surface area contributed by atoms with Crippen molar-refractivity contribution in [2.45, 2.75) is 27.1 Å². The molecule has 1 unspecified atom stereocenters. The van der Waals surface area contributed by atoms with Crippen LogP contribution < -0.4 is 48.3 Å². The van der Waals surface area contributed by atoms with Crippen molar-refractivity contribution in [1.82, 2.24) is 14.7 Å². The number of piperazine rings is 1. The zero-order chi connectivity index (χ0) is 13.8. The molecule has 20 heavy (non-hydrogen) atoms. The van der Waals surface area contributed by atoms with E-state index in [0.29, 0.717) is 43.0 Å². The molecule has 0 aliphatic carbocycles. The zero-order valence-electron chi connectivity index (χ0n) is 11.9. The topological polar surface area (TPSA) is 21.8 Å². The van der Waals surface area contributed by atoms with Crippen LogP contribution in [0.1, 0.15) is 19.3 Å². The molecule has 3 saturated heterocycles. The summed E-state index contributed by atoms with van der Waals surface area (Å²) in [4.78, 5) is 0. The van der Waals surface area contributed by atoms with Crippen molar-refractivity contribution in [3.63, 3.8) is 0 Å². The van der Waals surface area contributed by atoms with Crippen LogP contribution in [0, 0.1) is 0 Å². The number of nitrogens with zero attached hydrogens (tertiary/aromatic N) is 3. The van der Waals surface area contributed by atoms with E-state index in [-0.39, 0.29) is 0 Å². The van der Waals surface area contributed by atoms with Crippen molar-refractivity contribution < 1.29 is 43.0 Å². The average molecular weight is 618 g/mol. The molecule has 0 saturated carbocycles. The maximum absolute atomic E-state index is 3.47. The molecule has 1 atom stereocenters. The molecular weight excluding hydrogens is 593 g/mol. The van der Waals surface area contributed by atoms with Crippen molar-refractivity contribution in [1.29, 1.82) is 0 Å². The molecular formula is C13H25I3N4-2. The summed E-state index contributed by atoms with van der Waals surface area (Å²) in [6.45, 7) is 10.6. The number of nitrogens with one attached hydrogen (secondary N) is 1. The van der Waals surface area contributed by atoms with Gasteiger partial charge in [0, 0.05) is 0 Å². The van der Waals surface area contributed by atoms with Gasteiger partial charge in [0.15, 0.2) is 0 Å². The summed E-state index contributed by atoms with van der Waals surface area (Å²) in [5, 5.41) is 3.47. The second kappa shape index (κ2) is 8.76. The van der Waals surface area contributed by atoms with Gasteiger partial charge in [-0.25, -0.2) is 0 Å². The molecule has 3 aliphatic rings. The summed E-state index contributed by atoms with van der Waals surface area (Å²) in [7, 11) is 0. The third-order valence-corrected chi connectivity index (χ3v) is 12.3. The minimum absolute atomic E-state index is 0.308. The molecule has 1 N–H and O–H groups in total. The van der Waals surface area contributed by atoms with Gasteiger partial charge in [-0.05, 0) is 0 Å². The number of piperidine rings is 1. The molecule has 0 aromatic heterocycles. The monoisotopic (exact) mass is 618 g/mol. The van der Waals surface area contributed by atoms with E-state index in [4.69, 9.17) is 0 Å². The molecule has 0 aromatic carbocycles. The fourth-order valence-corrected chi connectivity index (χ4v) is 11.1. The fourth-order valence-electron chi connectivity index (χ4n) is 2.89. The first-order valence-electron chi connectivity index (χ1n) is 7.68. The van der Waals surface area contributed by atoms with Gasteiger partial charge >= 0.3 is 160 Å². The van der Waals surface area contributed by atoms with Crippen LogP contribution in [0.5, 0.6) is 0 Å². The number of alkyl halides is 2. The number of hydrogen-bond donors (Lipinski definition) is 1. The van der Waals surface area contributed by atoms with Gasteiger partial charge in [-0.2, -0.15) is 0 Å². The Morgan fingerprint density at radius 3 is 2.05 bits per heavy atom. The van der Waals surface area contributed by atoms with Crippen LogP contribution in [-0.2, 0) is 0 Å². The van der Waals surface area contributed by atoms with Gasteiger partial charge in [-0.1, -0.05) is 0 Å². The van der Waals surface area contributed by atoms with Crippen LogP contribution in [0.15, 0.2) is 0 Å². The van der Waals surface area contributed by atoms with Crippen LogP contribution in [0.2, 0.25) is 0 Å². The second-order valence-corrected chi connectivity index (χ2v) is 14.4. The van der Waals surface area contributed by atoms with E-state index in [1.54, 1.807) is 0 Å². The SMILES string of the molecule is IN1CCC([I-]N2CCC([I-]N3CCNCC3)CC2)C1. The molecule has 4 nitrogen and oxygen atoms in total. The van der Waals surface area contributed by atoms with E-state index in [0.717, 1.165) is 7.85 Å². The van der Waals surface area contributed by atoms with E-state index in [1.807, 2.05) is 0 Å². The molecule has 3 fully saturated rings. The van der Waals surface area contributed by atoms with Gasteiger partial charge in [0.05, 0.1) is 0 Å².